The molecule has 0 radical (unpaired) electrons. The predicted molar refractivity (Wildman–Crippen MR) is 76.2 cm³/mol. The summed E-state index contributed by atoms with van der Waals surface area (Å²) in [5.74, 6) is 0.443. The molecule has 1 aliphatic rings. The molecule has 2 atom stereocenters. The second kappa shape index (κ2) is 6.05. The molecule has 2 rings (SSSR count). The largest absolute Gasteiger partial charge is 0.363 e. The molecule has 0 N–H and O–H groups in total. The highest BCUT2D eigenvalue weighted by Crippen LogP contribution is 2.33. The van der Waals surface area contributed by atoms with E-state index in [4.69, 9.17) is 16.3 Å². The zero-order valence-electron chi connectivity index (χ0n) is 11.4. The van der Waals surface area contributed by atoms with Crippen LogP contribution in [0.4, 0.5) is 0 Å². The molecule has 0 bridgehead atoms. The quantitative estimate of drug-likeness (QED) is 0.808. The van der Waals surface area contributed by atoms with Gasteiger partial charge in [0.05, 0.1) is 0 Å². The third-order valence-corrected chi connectivity index (χ3v) is 4.09. The third kappa shape index (κ3) is 3.05. The van der Waals surface area contributed by atoms with E-state index in [0.717, 1.165) is 23.6 Å². The van der Waals surface area contributed by atoms with E-state index in [9.17, 15) is 0 Å². The molecule has 1 fully saturated rings. The standard InChI is InChI=1S/C15H22ClNO/c1-11-10-12(7-8-14(11)16)13-6-4-5-9-18-15(13)17(2)3/h7-8,10,13,15H,4-6,9H2,1-3H3/t13-,15?/m1/s1. The number of likely N-dealkylation sites (N-methyl/N-ethyl adjacent to an activating group) is 1. The Balaban J connectivity index is 2.28. The number of hydrogen-bond acceptors (Lipinski definition) is 2. The van der Waals surface area contributed by atoms with Crippen molar-refractivity contribution in [3.63, 3.8) is 0 Å². The maximum absolute atomic E-state index is 6.11. The summed E-state index contributed by atoms with van der Waals surface area (Å²) in [6, 6.07) is 6.35. The smallest absolute Gasteiger partial charge is 0.117 e. The summed E-state index contributed by atoms with van der Waals surface area (Å²) < 4.78 is 5.99. The molecule has 2 nitrogen and oxygen atoms in total. The molecular formula is C15H22ClNO. The van der Waals surface area contributed by atoms with Crippen molar-refractivity contribution in [1.29, 1.82) is 0 Å². The van der Waals surface area contributed by atoms with Gasteiger partial charge in [-0.3, -0.25) is 4.90 Å². The highest BCUT2D eigenvalue weighted by Gasteiger charge is 2.27. The van der Waals surface area contributed by atoms with E-state index in [2.05, 4.69) is 38.1 Å². The van der Waals surface area contributed by atoms with Gasteiger partial charge >= 0.3 is 0 Å². The van der Waals surface area contributed by atoms with E-state index in [0.29, 0.717) is 5.92 Å². The van der Waals surface area contributed by atoms with Gasteiger partial charge in [-0.1, -0.05) is 30.2 Å². The molecule has 0 amide bonds. The molecule has 1 aromatic carbocycles. The summed E-state index contributed by atoms with van der Waals surface area (Å²) in [5, 5.41) is 0.842. The minimum atomic E-state index is 0.174. The molecule has 0 aliphatic carbocycles. The first-order valence-corrected chi connectivity index (χ1v) is 7.01. The van der Waals surface area contributed by atoms with Gasteiger partial charge in [0.2, 0.25) is 0 Å². The molecule has 1 aliphatic heterocycles. The fourth-order valence-electron chi connectivity index (χ4n) is 2.67. The molecule has 18 heavy (non-hydrogen) atoms. The lowest BCUT2D eigenvalue weighted by atomic mass is 9.91. The Kier molecular flexibility index (Phi) is 4.66. The molecule has 1 unspecified atom stereocenters. The average Bonchev–Trinajstić information content (AvgIpc) is 2.58. The number of aryl methyl sites for hydroxylation is 1. The molecule has 0 spiro atoms. The molecule has 1 heterocycles. The number of ether oxygens (including phenoxy) is 1. The first kappa shape index (κ1) is 13.9. The Morgan fingerprint density at radius 1 is 1.28 bits per heavy atom. The van der Waals surface area contributed by atoms with Crippen molar-refractivity contribution in [1.82, 2.24) is 4.90 Å². The second-order valence-electron chi connectivity index (χ2n) is 5.34. The Hall–Kier alpha value is -0.570. The summed E-state index contributed by atoms with van der Waals surface area (Å²) >= 11 is 6.11. The minimum absolute atomic E-state index is 0.174. The van der Waals surface area contributed by atoms with Crippen molar-refractivity contribution in [2.45, 2.75) is 38.3 Å². The summed E-state index contributed by atoms with van der Waals surface area (Å²) in [5.41, 5.74) is 2.49. The van der Waals surface area contributed by atoms with Crippen molar-refractivity contribution < 1.29 is 4.74 Å². The van der Waals surface area contributed by atoms with Crippen LogP contribution >= 0.6 is 11.6 Å². The van der Waals surface area contributed by atoms with Crippen molar-refractivity contribution in [3.8, 4) is 0 Å². The van der Waals surface area contributed by atoms with E-state index in [-0.39, 0.29) is 6.23 Å². The first-order chi connectivity index (χ1) is 8.59. The summed E-state index contributed by atoms with van der Waals surface area (Å²) in [6.45, 7) is 2.93. The van der Waals surface area contributed by atoms with Gasteiger partial charge in [-0.2, -0.15) is 0 Å². The molecule has 1 saturated heterocycles. The van der Waals surface area contributed by atoms with E-state index < -0.39 is 0 Å². The predicted octanol–water partition coefficient (Wildman–Crippen LogP) is 3.82. The SMILES string of the molecule is Cc1cc([C@H]2CCCCOC2N(C)C)ccc1Cl. The van der Waals surface area contributed by atoms with Crippen LogP contribution in [0.2, 0.25) is 5.02 Å². The van der Waals surface area contributed by atoms with Crippen molar-refractivity contribution in [3.05, 3.63) is 34.3 Å². The van der Waals surface area contributed by atoms with Crippen LogP contribution in [-0.2, 0) is 4.74 Å². The molecule has 100 valence electrons. The molecule has 1 aromatic rings. The monoisotopic (exact) mass is 267 g/mol. The second-order valence-corrected chi connectivity index (χ2v) is 5.74. The van der Waals surface area contributed by atoms with Gasteiger partial charge in [-0.25, -0.2) is 0 Å². The van der Waals surface area contributed by atoms with Crippen molar-refractivity contribution >= 4 is 11.6 Å². The highest BCUT2D eigenvalue weighted by atomic mass is 35.5. The molecule has 0 aromatic heterocycles. The topological polar surface area (TPSA) is 12.5 Å². The van der Waals surface area contributed by atoms with Crippen LogP contribution in [0.3, 0.4) is 0 Å². The summed E-state index contributed by atoms with van der Waals surface area (Å²) in [7, 11) is 4.18. The third-order valence-electron chi connectivity index (χ3n) is 3.66. The van der Waals surface area contributed by atoms with Crippen LogP contribution < -0.4 is 0 Å². The van der Waals surface area contributed by atoms with Gasteiger partial charge in [0.1, 0.15) is 6.23 Å². The summed E-state index contributed by atoms with van der Waals surface area (Å²) in [6.07, 6.45) is 3.75. The van der Waals surface area contributed by atoms with Crippen molar-refractivity contribution in [2.75, 3.05) is 20.7 Å². The van der Waals surface area contributed by atoms with E-state index in [1.165, 1.54) is 18.4 Å². The summed E-state index contributed by atoms with van der Waals surface area (Å²) in [4.78, 5) is 2.18. The van der Waals surface area contributed by atoms with E-state index in [1.54, 1.807) is 0 Å². The fourth-order valence-corrected chi connectivity index (χ4v) is 2.79. The zero-order valence-corrected chi connectivity index (χ0v) is 12.2. The zero-order chi connectivity index (χ0) is 13.1. The van der Waals surface area contributed by atoms with Gasteiger partial charge in [0.25, 0.3) is 0 Å². The van der Waals surface area contributed by atoms with Gasteiger partial charge in [-0.15, -0.1) is 0 Å². The van der Waals surface area contributed by atoms with Crippen molar-refractivity contribution in [2.24, 2.45) is 0 Å². The number of hydrogen-bond donors (Lipinski definition) is 0. The lowest BCUT2D eigenvalue weighted by Gasteiger charge is -2.31. The van der Waals surface area contributed by atoms with Crippen LogP contribution in [-0.4, -0.2) is 31.8 Å². The number of rotatable bonds is 2. The number of halogens is 1. The van der Waals surface area contributed by atoms with Crippen LogP contribution in [0.5, 0.6) is 0 Å². The number of benzene rings is 1. The highest BCUT2D eigenvalue weighted by molar-refractivity contribution is 6.31. The van der Waals surface area contributed by atoms with Crippen LogP contribution in [0.25, 0.3) is 0 Å². The maximum atomic E-state index is 6.11. The van der Waals surface area contributed by atoms with Crippen LogP contribution in [0, 0.1) is 6.92 Å². The Labute approximate surface area is 115 Å². The van der Waals surface area contributed by atoms with Gasteiger partial charge in [-0.05, 0) is 51.1 Å². The van der Waals surface area contributed by atoms with Gasteiger partial charge in [0.15, 0.2) is 0 Å². The lowest BCUT2D eigenvalue weighted by Crippen LogP contribution is -2.35. The Morgan fingerprint density at radius 2 is 2.06 bits per heavy atom. The molecular weight excluding hydrogens is 246 g/mol. The van der Waals surface area contributed by atoms with E-state index in [1.807, 2.05) is 6.07 Å². The Bertz CT molecular complexity index is 405. The first-order valence-electron chi connectivity index (χ1n) is 6.63. The normalized spacial score (nSPS) is 25.2. The minimum Gasteiger partial charge on any atom is -0.363 e. The molecule has 3 heteroatoms. The maximum Gasteiger partial charge on any atom is 0.117 e. The number of nitrogens with zero attached hydrogens (tertiary/aromatic N) is 1. The van der Waals surface area contributed by atoms with Crippen LogP contribution in [0.15, 0.2) is 18.2 Å². The van der Waals surface area contributed by atoms with Gasteiger partial charge < -0.3 is 4.74 Å². The average molecular weight is 268 g/mol. The van der Waals surface area contributed by atoms with Gasteiger partial charge in [0, 0.05) is 17.5 Å². The molecule has 0 saturated carbocycles. The van der Waals surface area contributed by atoms with E-state index >= 15 is 0 Å². The lowest BCUT2D eigenvalue weighted by molar-refractivity contribution is -0.0444. The van der Waals surface area contributed by atoms with Crippen LogP contribution in [0.1, 0.15) is 36.3 Å². The Morgan fingerprint density at radius 3 is 2.72 bits per heavy atom. The fraction of sp³-hybridized carbons (Fsp3) is 0.600.